The first-order chi connectivity index (χ1) is 13.7. The molecule has 142 valence electrons. The molecule has 1 aromatic carbocycles. The maximum atomic E-state index is 12.3. The van der Waals surface area contributed by atoms with E-state index in [9.17, 15) is 9.59 Å². The second-order valence-corrected chi connectivity index (χ2v) is 6.55. The van der Waals surface area contributed by atoms with Gasteiger partial charge in [-0.25, -0.2) is 0 Å². The normalized spacial score (nSPS) is 15.4. The fourth-order valence-corrected chi connectivity index (χ4v) is 3.16. The van der Waals surface area contributed by atoms with Gasteiger partial charge in [0.15, 0.2) is 0 Å². The molecule has 8 heteroatoms. The van der Waals surface area contributed by atoms with E-state index in [0.717, 1.165) is 24.1 Å². The van der Waals surface area contributed by atoms with E-state index in [1.54, 1.807) is 55.0 Å². The van der Waals surface area contributed by atoms with Crippen molar-refractivity contribution in [3.63, 3.8) is 0 Å². The van der Waals surface area contributed by atoms with Gasteiger partial charge in [0.2, 0.25) is 0 Å². The maximum Gasteiger partial charge on any atom is 0.313 e. The van der Waals surface area contributed by atoms with E-state index in [4.69, 9.17) is 4.74 Å². The average Bonchev–Trinajstić information content (AvgIpc) is 3.17. The first-order valence-electron chi connectivity index (χ1n) is 8.98. The number of anilines is 1. The fourth-order valence-electron chi connectivity index (χ4n) is 3.16. The Labute approximate surface area is 161 Å². The standard InChI is InChI=1S/C20H19N5O3/c26-19(20(27)24-15-4-5-18-13(10-15)12-22-25-18)23-14-2-1-3-17(11-14)28-16-6-8-21-9-7-16/h1-3,6-9,11-12,15H,4-5,10H2,(H,22,25)(H,23,26)(H,24,27). The summed E-state index contributed by atoms with van der Waals surface area (Å²) in [6, 6.07) is 10.2. The number of hydrogen-bond donors (Lipinski definition) is 3. The number of aryl methyl sites for hydroxylation is 1. The lowest BCUT2D eigenvalue weighted by Crippen LogP contribution is -2.44. The van der Waals surface area contributed by atoms with Gasteiger partial charge in [-0.15, -0.1) is 0 Å². The van der Waals surface area contributed by atoms with Crippen LogP contribution < -0.4 is 15.4 Å². The molecule has 2 amide bonds. The molecule has 0 aliphatic heterocycles. The summed E-state index contributed by atoms with van der Waals surface area (Å²) in [5.41, 5.74) is 2.66. The number of benzene rings is 1. The van der Waals surface area contributed by atoms with E-state index in [1.165, 1.54) is 0 Å². The van der Waals surface area contributed by atoms with E-state index >= 15 is 0 Å². The number of nitrogens with one attached hydrogen (secondary N) is 3. The number of rotatable bonds is 4. The minimum Gasteiger partial charge on any atom is -0.457 e. The highest BCUT2D eigenvalue weighted by molar-refractivity contribution is 6.39. The summed E-state index contributed by atoms with van der Waals surface area (Å²) in [7, 11) is 0. The summed E-state index contributed by atoms with van der Waals surface area (Å²) < 4.78 is 5.71. The zero-order valence-corrected chi connectivity index (χ0v) is 15.0. The highest BCUT2D eigenvalue weighted by Crippen LogP contribution is 2.23. The summed E-state index contributed by atoms with van der Waals surface area (Å²) in [6.45, 7) is 0. The van der Waals surface area contributed by atoms with Gasteiger partial charge in [-0.3, -0.25) is 19.7 Å². The predicted octanol–water partition coefficient (Wildman–Crippen LogP) is 2.21. The SMILES string of the molecule is O=C(Nc1cccc(Oc2ccncc2)c1)C(=O)NC1CCc2[nH]ncc2C1. The number of ether oxygens (including phenoxy) is 1. The third-order valence-corrected chi connectivity index (χ3v) is 4.54. The van der Waals surface area contributed by atoms with Crippen molar-refractivity contribution in [1.82, 2.24) is 20.5 Å². The van der Waals surface area contributed by atoms with Gasteiger partial charge in [0.25, 0.3) is 0 Å². The van der Waals surface area contributed by atoms with Crippen LogP contribution in [0.15, 0.2) is 55.0 Å². The number of fused-ring (bicyclic) bond motifs is 1. The molecule has 28 heavy (non-hydrogen) atoms. The van der Waals surface area contributed by atoms with E-state index in [-0.39, 0.29) is 6.04 Å². The van der Waals surface area contributed by atoms with Crippen molar-refractivity contribution in [2.45, 2.75) is 25.3 Å². The van der Waals surface area contributed by atoms with Gasteiger partial charge >= 0.3 is 11.8 Å². The molecule has 0 spiro atoms. The molecule has 0 fully saturated rings. The van der Waals surface area contributed by atoms with Gasteiger partial charge in [0.1, 0.15) is 11.5 Å². The average molecular weight is 377 g/mol. The van der Waals surface area contributed by atoms with Crippen molar-refractivity contribution in [2.24, 2.45) is 0 Å². The highest BCUT2D eigenvalue weighted by atomic mass is 16.5. The van der Waals surface area contributed by atoms with Crippen LogP contribution in [0.1, 0.15) is 17.7 Å². The van der Waals surface area contributed by atoms with Gasteiger partial charge in [0.05, 0.1) is 6.20 Å². The van der Waals surface area contributed by atoms with Crippen LogP contribution in [0.4, 0.5) is 5.69 Å². The molecule has 0 bridgehead atoms. The van der Waals surface area contributed by atoms with Crippen molar-refractivity contribution in [3.05, 3.63) is 66.2 Å². The number of nitrogens with zero attached hydrogens (tertiary/aromatic N) is 2. The number of hydrogen-bond acceptors (Lipinski definition) is 5. The van der Waals surface area contributed by atoms with Crippen LogP contribution in [0.5, 0.6) is 11.5 Å². The summed E-state index contributed by atoms with van der Waals surface area (Å²) in [5.74, 6) is -0.187. The number of carbonyl (C=O) groups excluding carboxylic acids is 2. The lowest BCUT2D eigenvalue weighted by Gasteiger charge is -2.22. The molecule has 4 rings (SSSR count). The summed E-state index contributed by atoms with van der Waals surface area (Å²) >= 11 is 0. The van der Waals surface area contributed by atoms with Gasteiger partial charge in [-0.05, 0) is 49.1 Å². The minimum absolute atomic E-state index is 0.0790. The quantitative estimate of drug-likeness (QED) is 0.604. The Hall–Kier alpha value is -3.68. The summed E-state index contributed by atoms with van der Waals surface area (Å²) in [5, 5.41) is 12.4. The smallest absolute Gasteiger partial charge is 0.313 e. The number of aromatic nitrogens is 3. The summed E-state index contributed by atoms with van der Waals surface area (Å²) in [6.07, 6.45) is 7.26. The number of amides is 2. The molecule has 0 radical (unpaired) electrons. The Morgan fingerprint density at radius 2 is 1.96 bits per heavy atom. The predicted molar refractivity (Wildman–Crippen MR) is 102 cm³/mol. The Kier molecular flexibility index (Phi) is 5.01. The van der Waals surface area contributed by atoms with Gasteiger partial charge in [-0.2, -0.15) is 5.10 Å². The zero-order chi connectivity index (χ0) is 19.3. The third kappa shape index (κ3) is 4.17. The van der Waals surface area contributed by atoms with Crippen LogP contribution in [0, 0.1) is 0 Å². The highest BCUT2D eigenvalue weighted by Gasteiger charge is 2.24. The van der Waals surface area contributed by atoms with E-state index < -0.39 is 11.8 Å². The van der Waals surface area contributed by atoms with Crippen LogP contribution in [-0.2, 0) is 22.4 Å². The maximum absolute atomic E-state index is 12.3. The monoisotopic (exact) mass is 377 g/mol. The van der Waals surface area contributed by atoms with Crippen molar-refractivity contribution in [3.8, 4) is 11.5 Å². The van der Waals surface area contributed by atoms with Crippen LogP contribution >= 0.6 is 0 Å². The molecule has 8 nitrogen and oxygen atoms in total. The first kappa shape index (κ1) is 17.7. The molecular formula is C20H19N5O3. The van der Waals surface area contributed by atoms with Gasteiger partial charge < -0.3 is 15.4 Å². The van der Waals surface area contributed by atoms with Crippen molar-refractivity contribution in [2.75, 3.05) is 5.32 Å². The molecule has 1 aliphatic rings. The topological polar surface area (TPSA) is 109 Å². The first-order valence-corrected chi connectivity index (χ1v) is 8.98. The lowest BCUT2D eigenvalue weighted by molar-refractivity contribution is -0.136. The number of H-pyrrole nitrogens is 1. The number of aromatic amines is 1. The molecule has 0 saturated heterocycles. The van der Waals surface area contributed by atoms with Crippen LogP contribution in [0.3, 0.4) is 0 Å². The molecule has 0 saturated carbocycles. The molecule has 3 N–H and O–H groups in total. The van der Waals surface area contributed by atoms with E-state index in [1.807, 2.05) is 0 Å². The van der Waals surface area contributed by atoms with Crippen molar-refractivity contribution >= 4 is 17.5 Å². The Morgan fingerprint density at radius 1 is 1.11 bits per heavy atom. The summed E-state index contributed by atoms with van der Waals surface area (Å²) in [4.78, 5) is 28.5. The number of carbonyl (C=O) groups is 2. The second kappa shape index (κ2) is 7.91. The Bertz CT molecular complexity index is 986. The largest absolute Gasteiger partial charge is 0.457 e. The second-order valence-electron chi connectivity index (χ2n) is 6.55. The van der Waals surface area contributed by atoms with E-state index in [0.29, 0.717) is 23.6 Å². The molecule has 2 heterocycles. The van der Waals surface area contributed by atoms with E-state index in [2.05, 4.69) is 25.8 Å². The minimum atomic E-state index is -0.709. The fraction of sp³-hybridized carbons (Fsp3) is 0.200. The third-order valence-electron chi connectivity index (χ3n) is 4.54. The van der Waals surface area contributed by atoms with Crippen molar-refractivity contribution in [1.29, 1.82) is 0 Å². The van der Waals surface area contributed by atoms with Gasteiger partial charge in [0, 0.05) is 35.9 Å². The van der Waals surface area contributed by atoms with Crippen molar-refractivity contribution < 1.29 is 14.3 Å². The molecule has 1 unspecified atom stereocenters. The molecule has 3 aromatic rings. The number of pyridine rings is 1. The van der Waals surface area contributed by atoms with Gasteiger partial charge in [-0.1, -0.05) is 6.07 Å². The molecule has 1 aliphatic carbocycles. The molecular weight excluding hydrogens is 358 g/mol. The molecule has 2 aromatic heterocycles. The lowest BCUT2D eigenvalue weighted by atomic mass is 9.93. The van der Waals surface area contributed by atoms with Crippen LogP contribution in [0.25, 0.3) is 0 Å². The Morgan fingerprint density at radius 3 is 2.82 bits per heavy atom. The molecule has 1 atom stereocenters. The van der Waals surface area contributed by atoms with Crippen LogP contribution in [0.2, 0.25) is 0 Å². The zero-order valence-electron chi connectivity index (χ0n) is 15.0. The van der Waals surface area contributed by atoms with Crippen LogP contribution in [-0.4, -0.2) is 33.0 Å². The Balaban J connectivity index is 1.34.